The minimum absolute atomic E-state index is 0.0916. The number of benzene rings is 2. The van der Waals surface area contributed by atoms with E-state index >= 15 is 0 Å². The van der Waals surface area contributed by atoms with E-state index in [2.05, 4.69) is 34.7 Å². The number of aromatic nitrogens is 4. The van der Waals surface area contributed by atoms with Crippen LogP contribution in [0.3, 0.4) is 0 Å². The fraction of sp³-hybridized carbons (Fsp3) is 0.263. The van der Waals surface area contributed by atoms with Gasteiger partial charge < -0.3 is 5.32 Å². The molecule has 0 saturated heterocycles. The standard InChI is InChI=1S/C19H21N5OS/c1-13(2)15-7-9-16(10-8-15)20-18(25)12-26-19-21-22-23-24(19)17-6-4-5-14(3)11-17/h4-11,13H,12H2,1-3H3,(H,20,25). The summed E-state index contributed by atoms with van der Waals surface area (Å²) in [6.45, 7) is 6.30. The third-order valence-electron chi connectivity index (χ3n) is 3.88. The summed E-state index contributed by atoms with van der Waals surface area (Å²) in [5, 5.41) is 15.2. The predicted molar refractivity (Wildman–Crippen MR) is 104 cm³/mol. The second-order valence-electron chi connectivity index (χ2n) is 6.33. The average molecular weight is 367 g/mol. The summed E-state index contributed by atoms with van der Waals surface area (Å²) < 4.78 is 1.64. The molecule has 0 aliphatic rings. The molecule has 3 aromatic rings. The maximum absolute atomic E-state index is 12.2. The first-order valence-corrected chi connectivity index (χ1v) is 9.39. The van der Waals surface area contributed by atoms with Crippen LogP contribution in [0, 0.1) is 6.92 Å². The van der Waals surface area contributed by atoms with Gasteiger partial charge in [0, 0.05) is 5.69 Å². The zero-order valence-corrected chi connectivity index (χ0v) is 15.8. The van der Waals surface area contributed by atoms with Crippen molar-refractivity contribution in [2.45, 2.75) is 31.8 Å². The third kappa shape index (κ3) is 4.49. The summed E-state index contributed by atoms with van der Waals surface area (Å²) in [5.74, 6) is 0.611. The SMILES string of the molecule is Cc1cccc(-n2nnnc2SCC(=O)Nc2ccc(C(C)C)cc2)c1. The van der Waals surface area contributed by atoms with Gasteiger partial charge in [-0.2, -0.15) is 4.68 Å². The van der Waals surface area contributed by atoms with Crippen molar-refractivity contribution < 1.29 is 4.79 Å². The first-order chi connectivity index (χ1) is 12.5. The van der Waals surface area contributed by atoms with E-state index in [1.165, 1.54) is 17.3 Å². The summed E-state index contributed by atoms with van der Waals surface area (Å²) >= 11 is 1.30. The minimum atomic E-state index is -0.0916. The quantitative estimate of drug-likeness (QED) is 0.671. The summed E-state index contributed by atoms with van der Waals surface area (Å²) in [6, 6.07) is 15.8. The van der Waals surface area contributed by atoms with Crippen LogP contribution >= 0.6 is 11.8 Å². The Morgan fingerprint density at radius 1 is 1.19 bits per heavy atom. The molecule has 3 rings (SSSR count). The lowest BCUT2D eigenvalue weighted by Crippen LogP contribution is -2.14. The van der Waals surface area contributed by atoms with Crippen molar-refractivity contribution >= 4 is 23.4 Å². The Kier molecular flexibility index (Phi) is 5.68. The van der Waals surface area contributed by atoms with Crippen molar-refractivity contribution in [1.82, 2.24) is 20.2 Å². The lowest BCUT2D eigenvalue weighted by Gasteiger charge is -2.08. The number of hydrogen-bond acceptors (Lipinski definition) is 5. The summed E-state index contributed by atoms with van der Waals surface area (Å²) in [7, 11) is 0. The normalized spacial score (nSPS) is 10.9. The highest BCUT2D eigenvalue weighted by Gasteiger charge is 2.12. The van der Waals surface area contributed by atoms with Crippen LogP contribution in [0.4, 0.5) is 5.69 Å². The van der Waals surface area contributed by atoms with Crippen LogP contribution < -0.4 is 5.32 Å². The highest BCUT2D eigenvalue weighted by Crippen LogP contribution is 2.20. The molecule has 0 fully saturated rings. The zero-order valence-electron chi connectivity index (χ0n) is 15.0. The molecule has 2 aromatic carbocycles. The third-order valence-corrected chi connectivity index (χ3v) is 4.80. The van der Waals surface area contributed by atoms with Crippen LogP contribution in [-0.4, -0.2) is 31.9 Å². The number of hydrogen-bond donors (Lipinski definition) is 1. The largest absolute Gasteiger partial charge is 0.325 e. The van der Waals surface area contributed by atoms with Gasteiger partial charge in [0.1, 0.15) is 0 Å². The molecule has 0 bridgehead atoms. The molecule has 1 aromatic heterocycles. The minimum Gasteiger partial charge on any atom is -0.325 e. The van der Waals surface area contributed by atoms with Gasteiger partial charge in [-0.25, -0.2) is 0 Å². The average Bonchev–Trinajstić information content (AvgIpc) is 3.09. The number of carbonyl (C=O) groups excluding carboxylic acids is 1. The molecule has 0 atom stereocenters. The summed E-state index contributed by atoms with van der Waals surface area (Å²) in [5.41, 5.74) is 4.03. The molecule has 0 spiro atoms. The molecule has 6 nitrogen and oxygen atoms in total. The zero-order chi connectivity index (χ0) is 18.5. The van der Waals surface area contributed by atoms with Gasteiger partial charge in [-0.1, -0.05) is 49.9 Å². The molecule has 0 radical (unpaired) electrons. The van der Waals surface area contributed by atoms with Crippen molar-refractivity contribution in [2.24, 2.45) is 0 Å². The number of anilines is 1. The molecule has 1 heterocycles. The van der Waals surface area contributed by atoms with E-state index < -0.39 is 0 Å². The fourth-order valence-corrected chi connectivity index (χ4v) is 3.16. The second kappa shape index (κ2) is 8.14. The van der Waals surface area contributed by atoms with Gasteiger partial charge in [-0.15, -0.1) is 5.10 Å². The van der Waals surface area contributed by atoms with Crippen LogP contribution in [0.2, 0.25) is 0 Å². The molecule has 0 aliphatic carbocycles. The van der Waals surface area contributed by atoms with Crippen LogP contribution in [0.5, 0.6) is 0 Å². The smallest absolute Gasteiger partial charge is 0.234 e. The Bertz CT molecular complexity index is 889. The topological polar surface area (TPSA) is 72.7 Å². The van der Waals surface area contributed by atoms with Crippen molar-refractivity contribution in [3.05, 3.63) is 59.7 Å². The Morgan fingerprint density at radius 2 is 1.96 bits per heavy atom. The number of aryl methyl sites for hydroxylation is 1. The highest BCUT2D eigenvalue weighted by molar-refractivity contribution is 7.99. The van der Waals surface area contributed by atoms with Crippen LogP contribution in [0.1, 0.15) is 30.9 Å². The molecule has 134 valence electrons. The van der Waals surface area contributed by atoms with Gasteiger partial charge in [0.25, 0.3) is 0 Å². The fourth-order valence-electron chi connectivity index (χ4n) is 2.47. The Morgan fingerprint density at radius 3 is 2.65 bits per heavy atom. The number of carbonyl (C=O) groups is 1. The molecule has 26 heavy (non-hydrogen) atoms. The van der Waals surface area contributed by atoms with Gasteiger partial charge in [0.05, 0.1) is 11.4 Å². The molecule has 0 aliphatic heterocycles. The van der Waals surface area contributed by atoms with Crippen molar-refractivity contribution in [1.29, 1.82) is 0 Å². The van der Waals surface area contributed by atoms with E-state index in [4.69, 9.17) is 0 Å². The lowest BCUT2D eigenvalue weighted by atomic mass is 10.0. The van der Waals surface area contributed by atoms with E-state index in [-0.39, 0.29) is 11.7 Å². The van der Waals surface area contributed by atoms with Gasteiger partial charge in [-0.05, 0) is 58.7 Å². The molecule has 0 unspecified atom stereocenters. The maximum Gasteiger partial charge on any atom is 0.234 e. The van der Waals surface area contributed by atoms with E-state index in [1.54, 1.807) is 4.68 Å². The number of nitrogens with one attached hydrogen (secondary N) is 1. The first-order valence-electron chi connectivity index (χ1n) is 8.41. The predicted octanol–water partition coefficient (Wildman–Crippen LogP) is 3.82. The van der Waals surface area contributed by atoms with E-state index in [0.29, 0.717) is 11.1 Å². The molecular weight excluding hydrogens is 346 g/mol. The van der Waals surface area contributed by atoms with Crippen molar-refractivity contribution in [2.75, 3.05) is 11.1 Å². The number of rotatable bonds is 6. The van der Waals surface area contributed by atoms with E-state index in [9.17, 15) is 4.79 Å². The van der Waals surface area contributed by atoms with Crippen LogP contribution in [-0.2, 0) is 4.79 Å². The van der Waals surface area contributed by atoms with Gasteiger partial charge in [0.2, 0.25) is 11.1 Å². The molecule has 7 heteroatoms. The highest BCUT2D eigenvalue weighted by atomic mass is 32.2. The number of thioether (sulfide) groups is 1. The lowest BCUT2D eigenvalue weighted by molar-refractivity contribution is -0.113. The molecule has 0 saturated carbocycles. The van der Waals surface area contributed by atoms with Crippen LogP contribution in [0.25, 0.3) is 5.69 Å². The molecule has 1 N–H and O–H groups in total. The Hall–Kier alpha value is -2.67. The Balaban J connectivity index is 1.61. The van der Waals surface area contributed by atoms with Gasteiger partial charge in [0.15, 0.2) is 0 Å². The van der Waals surface area contributed by atoms with Gasteiger partial charge in [-0.3, -0.25) is 4.79 Å². The monoisotopic (exact) mass is 367 g/mol. The second-order valence-corrected chi connectivity index (χ2v) is 7.27. The molecule has 1 amide bonds. The maximum atomic E-state index is 12.2. The van der Waals surface area contributed by atoms with Crippen LogP contribution in [0.15, 0.2) is 53.7 Å². The number of tetrazole rings is 1. The van der Waals surface area contributed by atoms with Crippen molar-refractivity contribution in [3.63, 3.8) is 0 Å². The first kappa shape index (κ1) is 18.1. The van der Waals surface area contributed by atoms with Crippen molar-refractivity contribution in [3.8, 4) is 5.69 Å². The molecular formula is C19H21N5OS. The van der Waals surface area contributed by atoms with Gasteiger partial charge >= 0.3 is 0 Å². The summed E-state index contributed by atoms with van der Waals surface area (Å²) in [6.07, 6.45) is 0. The Labute approximate surface area is 157 Å². The van der Waals surface area contributed by atoms with E-state index in [0.717, 1.165) is 16.9 Å². The summed E-state index contributed by atoms with van der Waals surface area (Å²) in [4.78, 5) is 12.2. The number of amides is 1. The number of nitrogens with zero attached hydrogens (tertiary/aromatic N) is 4. The van der Waals surface area contributed by atoms with E-state index in [1.807, 2.05) is 55.5 Å².